The Labute approximate surface area is 117 Å². The summed E-state index contributed by atoms with van der Waals surface area (Å²) in [5.41, 5.74) is 1.71. The number of aromatic nitrogens is 1. The van der Waals surface area contributed by atoms with Crippen molar-refractivity contribution in [2.24, 2.45) is 0 Å². The number of nitrogens with zero attached hydrogens (tertiary/aromatic N) is 1. The molecule has 1 aromatic carbocycles. The molecule has 0 spiro atoms. The minimum atomic E-state index is -0.620. The van der Waals surface area contributed by atoms with Crippen LogP contribution in [0, 0.1) is 6.92 Å². The summed E-state index contributed by atoms with van der Waals surface area (Å²) in [6.45, 7) is 1.94. The van der Waals surface area contributed by atoms with E-state index in [1.54, 1.807) is 17.4 Å². The molecule has 0 aliphatic rings. The molecule has 0 aliphatic heterocycles. The summed E-state index contributed by atoms with van der Waals surface area (Å²) in [7, 11) is 0. The molecular formula is C12H11BrClNOS. The lowest BCUT2D eigenvalue weighted by molar-refractivity contribution is 0.178. The van der Waals surface area contributed by atoms with Gasteiger partial charge in [-0.25, -0.2) is 4.98 Å². The van der Waals surface area contributed by atoms with Gasteiger partial charge < -0.3 is 5.11 Å². The van der Waals surface area contributed by atoms with E-state index in [4.69, 9.17) is 11.6 Å². The Balaban J connectivity index is 2.19. The summed E-state index contributed by atoms with van der Waals surface area (Å²) in [5.74, 6) is 0. The smallest absolute Gasteiger partial charge is 0.0957 e. The van der Waals surface area contributed by atoms with Crippen molar-refractivity contribution in [1.82, 2.24) is 4.98 Å². The Kier molecular flexibility index (Phi) is 4.20. The van der Waals surface area contributed by atoms with Gasteiger partial charge in [-0.05, 0) is 25.1 Å². The van der Waals surface area contributed by atoms with Crippen LogP contribution in [-0.2, 0) is 6.42 Å². The van der Waals surface area contributed by atoms with Gasteiger partial charge in [0, 0.05) is 32.6 Å². The van der Waals surface area contributed by atoms with Crippen LogP contribution in [0.1, 0.15) is 22.4 Å². The van der Waals surface area contributed by atoms with Crippen molar-refractivity contribution >= 4 is 38.9 Å². The van der Waals surface area contributed by atoms with Gasteiger partial charge in [0.1, 0.15) is 0 Å². The topological polar surface area (TPSA) is 33.1 Å². The lowest BCUT2D eigenvalue weighted by atomic mass is 10.1. The molecule has 0 saturated heterocycles. The first-order chi connectivity index (χ1) is 8.06. The standard InChI is InChI=1S/C12H11BrClNOS/c1-7-6-17-12(15-7)5-11(16)9-4-8(13)2-3-10(9)14/h2-4,6,11,16H,5H2,1H3. The van der Waals surface area contributed by atoms with Crippen molar-refractivity contribution in [3.63, 3.8) is 0 Å². The summed E-state index contributed by atoms with van der Waals surface area (Å²) in [5, 5.41) is 13.6. The van der Waals surface area contributed by atoms with E-state index in [1.807, 2.05) is 24.4 Å². The zero-order valence-corrected chi connectivity index (χ0v) is 12.3. The molecule has 17 heavy (non-hydrogen) atoms. The van der Waals surface area contributed by atoms with Gasteiger partial charge in [-0.2, -0.15) is 0 Å². The maximum Gasteiger partial charge on any atom is 0.0957 e. The van der Waals surface area contributed by atoms with Gasteiger partial charge in [-0.3, -0.25) is 0 Å². The highest BCUT2D eigenvalue weighted by Crippen LogP contribution is 2.29. The highest BCUT2D eigenvalue weighted by atomic mass is 79.9. The molecule has 1 N–H and O–H groups in total. The molecule has 0 aliphatic carbocycles. The first-order valence-corrected chi connectivity index (χ1v) is 7.15. The van der Waals surface area contributed by atoms with Gasteiger partial charge >= 0.3 is 0 Å². The van der Waals surface area contributed by atoms with Crippen LogP contribution in [0.15, 0.2) is 28.1 Å². The molecule has 0 bridgehead atoms. The minimum Gasteiger partial charge on any atom is -0.388 e. The minimum absolute atomic E-state index is 0.495. The third-order valence-electron chi connectivity index (χ3n) is 2.35. The summed E-state index contributed by atoms with van der Waals surface area (Å²) in [4.78, 5) is 4.33. The van der Waals surface area contributed by atoms with E-state index in [0.717, 1.165) is 20.7 Å². The van der Waals surface area contributed by atoms with Gasteiger partial charge in [0.05, 0.1) is 11.1 Å². The molecule has 1 unspecified atom stereocenters. The fourth-order valence-electron chi connectivity index (χ4n) is 1.54. The maximum absolute atomic E-state index is 10.1. The number of aryl methyl sites for hydroxylation is 1. The van der Waals surface area contributed by atoms with E-state index in [-0.39, 0.29) is 0 Å². The molecule has 5 heteroatoms. The van der Waals surface area contributed by atoms with Crippen molar-refractivity contribution in [3.8, 4) is 0 Å². The normalized spacial score (nSPS) is 12.7. The van der Waals surface area contributed by atoms with E-state index in [1.165, 1.54) is 0 Å². The monoisotopic (exact) mass is 331 g/mol. The number of aliphatic hydroxyl groups is 1. The molecular weight excluding hydrogens is 322 g/mol. The highest BCUT2D eigenvalue weighted by molar-refractivity contribution is 9.10. The second-order valence-electron chi connectivity index (χ2n) is 3.77. The Bertz CT molecular complexity index is 529. The van der Waals surface area contributed by atoms with Crippen LogP contribution in [0.25, 0.3) is 0 Å². The predicted molar refractivity (Wildman–Crippen MR) is 74.7 cm³/mol. The molecule has 0 radical (unpaired) electrons. The quantitative estimate of drug-likeness (QED) is 0.916. The summed E-state index contributed by atoms with van der Waals surface area (Å²) < 4.78 is 0.909. The van der Waals surface area contributed by atoms with E-state index in [0.29, 0.717) is 11.4 Å². The fraction of sp³-hybridized carbons (Fsp3) is 0.250. The van der Waals surface area contributed by atoms with Crippen molar-refractivity contribution in [2.45, 2.75) is 19.4 Å². The maximum atomic E-state index is 10.1. The van der Waals surface area contributed by atoms with Gasteiger partial charge in [0.2, 0.25) is 0 Å². The van der Waals surface area contributed by atoms with E-state index < -0.39 is 6.10 Å². The van der Waals surface area contributed by atoms with Crippen LogP contribution in [0.4, 0.5) is 0 Å². The molecule has 0 fully saturated rings. The summed E-state index contributed by atoms with van der Waals surface area (Å²) in [6.07, 6.45) is -0.125. The lowest BCUT2D eigenvalue weighted by Gasteiger charge is -2.11. The van der Waals surface area contributed by atoms with Crippen LogP contribution in [-0.4, -0.2) is 10.1 Å². The fourth-order valence-corrected chi connectivity index (χ4v) is 2.97. The predicted octanol–water partition coefficient (Wildman–Crippen LogP) is 4.14. The van der Waals surface area contributed by atoms with E-state index in [2.05, 4.69) is 20.9 Å². The molecule has 90 valence electrons. The molecule has 2 aromatic rings. The third kappa shape index (κ3) is 3.28. The molecule has 1 aromatic heterocycles. The van der Waals surface area contributed by atoms with Crippen LogP contribution in [0.3, 0.4) is 0 Å². The second-order valence-corrected chi connectivity index (χ2v) is 6.03. The number of rotatable bonds is 3. The third-order valence-corrected chi connectivity index (χ3v) is 4.18. The van der Waals surface area contributed by atoms with E-state index in [9.17, 15) is 5.11 Å². The first kappa shape index (κ1) is 13.0. The Morgan fingerprint density at radius 2 is 2.29 bits per heavy atom. The number of hydrogen-bond donors (Lipinski definition) is 1. The van der Waals surface area contributed by atoms with E-state index >= 15 is 0 Å². The van der Waals surface area contributed by atoms with Crippen molar-refractivity contribution in [3.05, 3.63) is 49.3 Å². The number of benzene rings is 1. The van der Waals surface area contributed by atoms with Crippen LogP contribution in [0.5, 0.6) is 0 Å². The zero-order valence-electron chi connectivity index (χ0n) is 9.15. The molecule has 1 atom stereocenters. The first-order valence-electron chi connectivity index (χ1n) is 5.10. The van der Waals surface area contributed by atoms with Gasteiger partial charge in [0.25, 0.3) is 0 Å². The van der Waals surface area contributed by atoms with Crippen molar-refractivity contribution in [2.75, 3.05) is 0 Å². The average Bonchev–Trinajstić information content (AvgIpc) is 2.67. The highest BCUT2D eigenvalue weighted by Gasteiger charge is 2.14. The van der Waals surface area contributed by atoms with Crippen LogP contribution < -0.4 is 0 Å². The van der Waals surface area contributed by atoms with Crippen LogP contribution in [0.2, 0.25) is 5.02 Å². The summed E-state index contributed by atoms with van der Waals surface area (Å²) in [6, 6.07) is 5.47. The van der Waals surface area contributed by atoms with Crippen molar-refractivity contribution < 1.29 is 5.11 Å². The van der Waals surface area contributed by atoms with Gasteiger partial charge in [-0.15, -0.1) is 11.3 Å². The molecule has 0 amide bonds. The SMILES string of the molecule is Cc1csc(CC(O)c2cc(Br)ccc2Cl)n1. The number of halogens is 2. The number of aliphatic hydroxyl groups excluding tert-OH is 1. The Hall–Kier alpha value is -0.420. The molecule has 1 heterocycles. The Morgan fingerprint density at radius 3 is 2.94 bits per heavy atom. The summed E-state index contributed by atoms with van der Waals surface area (Å²) >= 11 is 11.0. The average molecular weight is 333 g/mol. The van der Waals surface area contributed by atoms with Crippen LogP contribution >= 0.6 is 38.9 Å². The zero-order chi connectivity index (χ0) is 12.4. The number of thiazole rings is 1. The second kappa shape index (κ2) is 5.48. The van der Waals surface area contributed by atoms with Gasteiger partial charge in [0.15, 0.2) is 0 Å². The van der Waals surface area contributed by atoms with Crippen molar-refractivity contribution in [1.29, 1.82) is 0 Å². The molecule has 2 nitrogen and oxygen atoms in total. The van der Waals surface area contributed by atoms with Gasteiger partial charge in [-0.1, -0.05) is 27.5 Å². The molecule has 2 rings (SSSR count). The largest absolute Gasteiger partial charge is 0.388 e. The molecule has 0 saturated carbocycles. The number of hydrogen-bond acceptors (Lipinski definition) is 3. The lowest BCUT2D eigenvalue weighted by Crippen LogP contribution is -2.02. The Morgan fingerprint density at radius 1 is 1.53 bits per heavy atom.